The molecule has 0 radical (unpaired) electrons. The lowest BCUT2D eigenvalue weighted by atomic mass is 10.0. The summed E-state index contributed by atoms with van der Waals surface area (Å²) in [6.45, 7) is 5.15. The summed E-state index contributed by atoms with van der Waals surface area (Å²) >= 11 is 0. The zero-order chi connectivity index (χ0) is 22.3. The number of benzene rings is 2. The largest absolute Gasteiger partial charge is 0.371 e. The summed E-state index contributed by atoms with van der Waals surface area (Å²) in [6, 6.07) is 14.0. The third-order valence-electron chi connectivity index (χ3n) is 5.38. The van der Waals surface area contributed by atoms with Crippen molar-refractivity contribution in [3.05, 3.63) is 59.9 Å². The van der Waals surface area contributed by atoms with Gasteiger partial charge in [0.25, 0.3) is 0 Å². The molecule has 1 fully saturated rings. The first kappa shape index (κ1) is 23.1. The molecule has 1 heterocycles. The zero-order valence-corrected chi connectivity index (χ0v) is 19.0. The molecule has 6 nitrogen and oxygen atoms in total. The van der Waals surface area contributed by atoms with Gasteiger partial charge in [0, 0.05) is 44.2 Å². The van der Waals surface area contributed by atoms with Crippen molar-refractivity contribution in [1.29, 1.82) is 0 Å². The molecule has 0 unspecified atom stereocenters. The number of halogens is 1. The summed E-state index contributed by atoms with van der Waals surface area (Å²) in [7, 11) is -3.17. The van der Waals surface area contributed by atoms with Gasteiger partial charge in [-0.25, -0.2) is 12.8 Å². The van der Waals surface area contributed by atoms with Gasteiger partial charge >= 0.3 is 0 Å². The van der Waals surface area contributed by atoms with Gasteiger partial charge in [0.2, 0.25) is 0 Å². The molecule has 0 amide bonds. The number of rotatable bonds is 7. The number of hydrogen-bond acceptors (Lipinski definition) is 4. The highest BCUT2D eigenvalue weighted by Gasteiger charge is 2.20. The maximum absolute atomic E-state index is 13.5. The van der Waals surface area contributed by atoms with Crippen molar-refractivity contribution in [3.8, 4) is 0 Å². The molecular weight excluding hydrogens is 415 g/mol. The van der Waals surface area contributed by atoms with E-state index in [0.717, 1.165) is 56.1 Å². The minimum Gasteiger partial charge on any atom is -0.371 e. The molecule has 0 aliphatic carbocycles. The minimum atomic E-state index is -3.17. The van der Waals surface area contributed by atoms with Crippen LogP contribution in [-0.4, -0.2) is 52.9 Å². The Morgan fingerprint density at radius 2 is 1.87 bits per heavy atom. The highest BCUT2D eigenvalue weighted by atomic mass is 32.2. The standard InChI is InChI=1S/C23H31FN4O2S/c1-3-25-23(26-14-11-18-7-9-22(10-8-18)31(2,29)30)27-20-12-15-28(16-13-20)21-6-4-5-19(24)17-21/h4-10,17,20H,3,11-16H2,1-2H3,(H2,25,26,27). The van der Waals surface area contributed by atoms with E-state index in [0.29, 0.717) is 17.5 Å². The van der Waals surface area contributed by atoms with Crippen LogP contribution in [0.1, 0.15) is 25.3 Å². The van der Waals surface area contributed by atoms with Crippen molar-refractivity contribution < 1.29 is 12.8 Å². The maximum atomic E-state index is 13.5. The fourth-order valence-electron chi connectivity index (χ4n) is 3.67. The van der Waals surface area contributed by atoms with Crippen LogP contribution in [0.4, 0.5) is 10.1 Å². The number of sulfone groups is 1. The van der Waals surface area contributed by atoms with Gasteiger partial charge in [-0.3, -0.25) is 4.99 Å². The van der Waals surface area contributed by atoms with Gasteiger partial charge in [0.15, 0.2) is 15.8 Å². The zero-order valence-electron chi connectivity index (χ0n) is 18.1. The first-order valence-electron chi connectivity index (χ1n) is 10.7. The lowest BCUT2D eigenvalue weighted by Gasteiger charge is -2.34. The monoisotopic (exact) mass is 446 g/mol. The van der Waals surface area contributed by atoms with Gasteiger partial charge < -0.3 is 15.5 Å². The molecule has 2 aromatic rings. The molecule has 31 heavy (non-hydrogen) atoms. The first-order valence-corrected chi connectivity index (χ1v) is 12.6. The predicted molar refractivity (Wildman–Crippen MR) is 124 cm³/mol. The second kappa shape index (κ2) is 10.6. The molecule has 1 aliphatic heterocycles. The van der Waals surface area contributed by atoms with Crippen molar-refractivity contribution in [2.75, 3.05) is 37.3 Å². The van der Waals surface area contributed by atoms with Gasteiger partial charge in [-0.15, -0.1) is 0 Å². The second-order valence-corrected chi connectivity index (χ2v) is 9.83. The van der Waals surface area contributed by atoms with E-state index in [2.05, 4.69) is 20.5 Å². The van der Waals surface area contributed by atoms with Crippen LogP contribution in [0.3, 0.4) is 0 Å². The van der Waals surface area contributed by atoms with Crippen molar-refractivity contribution in [3.63, 3.8) is 0 Å². The molecule has 0 bridgehead atoms. The minimum absolute atomic E-state index is 0.203. The molecule has 168 valence electrons. The SMILES string of the molecule is CCNC(=NCCc1ccc(S(C)(=O)=O)cc1)NC1CCN(c2cccc(F)c2)CC1. The molecule has 3 rings (SSSR count). The van der Waals surface area contributed by atoms with Crippen LogP contribution < -0.4 is 15.5 Å². The van der Waals surface area contributed by atoms with Crippen molar-refractivity contribution in [1.82, 2.24) is 10.6 Å². The van der Waals surface area contributed by atoms with Crippen molar-refractivity contribution in [2.45, 2.75) is 37.1 Å². The summed E-state index contributed by atoms with van der Waals surface area (Å²) in [5, 5.41) is 6.81. The Labute approximate surface area is 184 Å². The molecule has 0 spiro atoms. The Morgan fingerprint density at radius 1 is 1.16 bits per heavy atom. The summed E-state index contributed by atoms with van der Waals surface area (Å²) in [6.07, 6.45) is 3.85. The quantitative estimate of drug-likeness (QED) is 0.505. The average Bonchev–Trinajstić information content (AvgIpc) is 2.74. The lowest BCUT2D eigenvalue weighted by molar-refractivity contribution is 0.461. The normalized spacial score (nSPS) is 15.7. The number of nitrogens with one attached hydrogen (secondary N) is 2. The third-order valence-corrected chi connectivity index (χ3v) is 6.50. The Kier molecular flexibility index (Phi) is 7.90. The van der Waals surface area contributed by atoms with Crippen LogP contribution >= 0.6 is 0 Å². The fraction of sp³-hybridized carbons (Fsp3) is 0.435. The van der Waals surface area contributed by atoms with E-state index >= 15 is 0 Å². The van der Waals surface area contributed by atoms with Crippen molar-refractivity contribution >= 4 is 21.5 Å². The maximum Gasteiger partial charge on any atom is 0.191 e. The number of anilines is 1. The van der Waals surface area contributed by atoms with E-state index in [4.69, 9.17) is 0 Å². The van der Waals surface area contributed by atoms with Gasteiger partial charge in [-0.05, 0) is 62.1 Å². The second-order valence-electron chi connectivity index (χ2n) is 7.81. The Bertz CT molecular complexity index is 985. The number of aliphatic imine (C=N–C) groups is 1. The van der Waals surface area contributed by atoms with E-state index in [1.54, 1.807) is 24.3 Å². The van der Waals surface area contributed by atoms with E-state index < -0.39 is 9.84 Å². The molecule has 0 saturated carbocycles. The molecular formula is C23H31FN4O2S. The van der Waals surface area contributed by atoms with Crippen LogP contribution in [0.25, 0.3) is 0 Å². The first-order chi connectivity index (χ1) is 14.8. The van der Waals surface area contributed by atoms with Gasteiger partial charge in [-0.2, -0.15) is 0 Å². The average molecular weight is 447 g/mol. The molecule has 0 aromatic heterocycles. The van der Waals surface area contributed by atoms with Gasteiger partial charge in [-0.1, -0.05) is 18.2 Å². The van der Waals surface area contributed by atoms with E-state index in [-0.39, 0.29) is 5.82 Å². The molecule has 1 aliphatic rings. The fourth-order valence-corrected chi connectivity index (χ4v) is 4.30. The molecule has 2 N–H and O–H groups in total. The van der Waals surface area contributed by atoms with Gasteiger partial charge in [0.05, 0.1) is 4.90 Å². The summed E-state index contributed by atoms with van der Waals surface area (Å²) < 4.78 is 36.6. The number of piperidine rings is 1. The van der Waals surface area contributed by atoms with Gasteiger partial charge in [0.1, 0.15) is 5.82 Å². The Balaban J connectivity index is 1.51. The predicted octanol–water partition coefficient (Wildman–Crippen LogP) is 3.00. The van der Waals surface area contributed by atoms with E-state index in [1.165, 1.54) is 12.3 Å². The van der Waals surface area contributed by atoms with Crippen LogP contribution in [-0.2, 0) is 16.3 Å². The van der Waals surface area contributed by atoms with Crippen LogP contribution in [0, 0.1) is 5.82 Å². The summed E-state index contributed by atoms with van der Waals surface area (Å²) in [4.78, 5) is 7.22. The van der Waals surface area contributed by atoms with E-state index in [1.807, 2.05) is 25.1 Å². The Morgan fingerprint density at radius 3 is 2.48 bits per heavy atom. The highest BCUT2D eigenvalue weighted by Crippen LogP contribution is 2.20. The number of nitrogens with zero attached hydrogens (tertiary/aromatic N) is 2. The number of guanidine groups is 1. The van der Waals surface area contributed by atoms with Crippen LogP contribution in [0.5, 0.6) is 0 Å². The summed E-state index contributed by atoms with van der Waals surface area (Å²) in [5.41, 5.74) is 1.98. The smallest absolute Gasteiger partial charge is 0.191 e. The van der Waals surface area contributed by atoms with Crippen LogP contribution in [0.2, 0.25) is 0 Å². The molecule has 8 heteroatoms. The number of hydrogen-bond donors (Lipinski definition) is 2. The molecule has 0 atom stereocenters. The molecule has 2 aromatic carbocycles. The highest BCUT2D eigenvalue weighted by molar-refractivity contribution is 7.90. The van der Waals surface area contributed by atoms with Crippen LogP contribution in [0.15, 0.2) is 58.4 Å². The molecule has 1 saturated heterocycles. The topological polar surface area (TPSA) is 73.8 Å². The van der Waals surface area contributed by atoms with Crippen molar-refractivity contribution in [2.24, 2.45) is 4.99 Å². The summed E-state index contributed by atoms with van der Waals surface area (Å²) in [5.74, 6) is 0.588. The van der Waals surface area contributed by atoms with E-state index in [9.17, 15) is 12.8 Å². The third kappa shape index (κ3) is 6.95. The lowest BCUT2D eigenvalue weighted by Crippen LogP contribution is -2.48. The Hall–Kier alpha value is -2.61.